The highest BCUT2D eigenvalue weighted by Crippen LogP contribution is 2.20. The summed E-state index contributed by atoms with van der Waals surface area (Å²) in [6, 6.07) is 0. The van der Waals surface area contributed by atoms with Crippen LogP contribution < -0.4 is 5.32 Å². The van der Waals surface area contributed by atoms with E-state index in [0.29, 0.717) is 0 Å². The molecular formula is C13H26N2OS. The van der Waals surface area contributed by atoms with Gasteiger partial charge in [-0.25, -0.2) is 0 Å². The molecule has 0 saturated carbocycles. The van der Waals surface area contributed by atoms with Gasteiger partial charge >= 0.3 is 0 Å². The number of nitrogens with one attached hydrogen (secondary N) is 1. The fraction of sp³-hybridized carbons (Fsp3) is 0.923. The molecule has 100 valence electrons. The van der Waals surface area contributed by atoms with Crippen LogP contribution >= 0.6 is 12.2 Å². The molecule has 0 aromatic carbocycles. The Kier molecular flexibility index (Phi) is 7.53. The average Bonchev–Trinajstić information content (AvgIpc) is 2.59. The highest BCUT2D eigenvalue weighted by atomic mass is 32.1. The Labute approximate surface area is 111 Å². The van der Waals surface area contributed by atoms with Crippen LogP contribution in [-0.4, -0.2) is 43.4 Å². The van der Waals surface area contributed by atoms with Crippen LogP contribution in [0.25, 0.3) is 0 Å². The second-order valence-electron chi connectivity index (χ2n) is 4.77. The Bertz CT molecular complexity index is 223. The maximum absolute atomic E-state index is 5.43. The Balaban J connectivity index is 2.22. The van der Waals surface area contributed by atoms with E-state index in [1.807, 2.05) is 0 Å². The quantitative estimate of drug-likeness (QED) is 0.604. The maximum Gasteiger partial charge on any atom is 0.168 e. The van der Waals surface area contributed by atoms with Gasteiger partial charge in [-0.1, -0.05) is 13.3 Å². The molecule has 1 rings (SSSR count). The number of likely N-dealkylation sites (tertiary alicyclic amines) is 1. The molecule has 17 heavy (non-hydrogen) atoms. The number of nitrogens with zero attached hydrogens (tertiary/aromatic N) is 1. The molecule has 0 bridgehead atoms. The van der Waals surface area contributed by atoms with E-state index >= 15 is 0 Å². The van der Waals surface area contributed by atoms with Crippen molar-refractivity contribution < 1.29 is 4.74 Å². The van der Waals surface area contributed by atoms with Gasteiger partial charge in [0.25, 0.3) is 0 Å². The third kappa shape index (κ3) is 5.68. The number of thiocarbonyl (C=S) groups is 1. The molecular weight excluding hydrogens is 232 g/mol. The molecule has 0 radical (unpaired) electrons. The maximum atomic E-state index is 5.43. The van der Waals surface area contributed by atoms with Gasteiger partial charge in [0.15, 0.2) is 5.11 Å². The van der Waals surface area contributed by atoms with Crippen LogP contribution in [0.5, 0.6) is 0 Å². The zero-order valence-electron chi connectivity index (χ0n) is 11.2. The van der Waals surface area contributed by atoms with Gasteiger partial charge in [-0.15, -0.1) is 0 Å². The van der Waals surface area contributed by atoms with Crippen molar-refractivity contribution in [1.29, 1.82) is 0 Å². The molecule has 1 aliphatic rings. The first-order valence-corrected chi connectivity index (χ1v) is 7.20. The molecule has 1 saturated heterocycles. The SMILES string of the molecule is CCC1CCCN(C(=S)NCCCOC)CC1. The van der Waals surface area contributed by atoms with Crippen molar-refractivity contribution in [1.82, 2.24) is 10.2 Å². The Morgan fingerprint density at radius 3 is 2.94 bits per heavy atom. The van der Waals surface area contributed by atoms with Gasteiger partial charge in [0.05, 0.1) is 0 Å². The van der Waals surface area contributed by atoms with Crippen LogP contribution in [0.15, 0.2) is 0 Å². The molecule has 0 amide bonds. The minimum atomic E-state index is 0.799. The van der Waals surface area contributed by atoms with E-state index in [2.05, 4.69) is 17.1 Å². The average molecular weight is 258 g/mol. The van der Waals surface area contributed by atoms with E-state index in [-0.39, 0.29) is 0 Å². The zero-order valence-corrected chi connectivity index (χ0v) is 12.0. The lowest BCUT2D eigenvalue weighted by atomic mass is 9.98. The van der Waals surface area contributed by atoms with Crippen molar-refractivity contribution in [2.45, 2.75) is 39.0 Å². The summed E-state index contributed by atoms with van der Waals surface area (Å²) in [5.41, 5.74) is 0. The molecule has 4 heteroatoms. The van der Waals surface area contributed by atoms with Crippen molar-refractivity contribution >= 4 is 17.3 Å². The molecule has 1 aliphatic heterocycles. The van der Waals surface area contributed by atoms with E-state index in [0.717, 1.165) is 43.7 Å². The third-order valence-corrected chi connectivity index (χ3v) is 3.92. The van der Waals surface area contributed by atoms with E-state index in [4.69, 9.17) is 17.0 Å². The molecule has 0 aromatic heterocycles. The Hall–Kier alpha value is -0.350. The molecule has 1 fully saturated rings. The van der Waals surface area contributed by atoms with Gasteiger partial charge in [0.2, 0.25) is 0 Å². The number of methoxy groups -OCH3 is 1. The molecule has 1 atom stereocenters. The zero-order chi connectivity index (χ0) is 12.5. The van der Waals surface area contributed by atoms with Crippen molar-refractivity contribution in [3.8, 4) is 0 Å². The lowest BCUT2D eigenvalue weighted by Crippen LogP contribution is -2.40. The first kappa shape index (κ1) is 14.7. The van der Waals surface area contributed by atoms with Crippen molar-refractivity contribution in [3.63, 3.8) is 0 Å². The fourth-order valence-electron chi connectivity index (χ4n) is 2.30. The second kappa shape index (κ2) is 8.70. The lowest BCUT2D eigenvalue weighted by molar-refractivity contribution is 0.195. The van der Waals surface area contributed by atoms with Gasteiger partial charge in [0.1, 0.15) is 0 Å². The monoisotopic (exact) mass is 258 g/mol. The van der Waals surface area contributed by atoms with Gasteiger partial charge in [-0.05, 0) is 43.8 Å². The van der Waals surface area contributed by atoms with E-state index in [1.165, 1.54) is 25.7 Å². The minimum absolute atomic E-state index is 0.799. The van der Waals surface area contributed by atoms with Gasteiger partial charge in [-0.3, -0.25) is 0 Å². The summed E-state index contributed by atoms with van der Waals surface area (Å²) in [6.45, 7) is 6.25. The summed E-state index contributed by atoms with van der Waals surface area (Å²) in [4.78, 5) is 2.33. The molecule has 3 nitrogen and oxygen atoms in total. The van der Waals surface area contributed by atoms with Gasteiger partial charge in [-0.2, -0.15) is 0 Å². The van der Waals surface area contributed by atoms with Gasteiger partial charge in [0, 0.05) is 33.4 Å². The van der Waals surface area contributed by atoms with Crippen LogP contribution in [-0.2, 0) is 4.74 Å². The number of hydrogen-bond donors (Lipinski definition) is 1. The predicted octanol–water partition coefficient (Wildman–Crippen LogP) is 2.41. The molecule has 0 aliphatic carbocycles. The summed E-state index contributed by atoms with van der Waals surface area (Å²) in [5, 5.41) is 4.25. The normalized spacial score (nSPS) is 21.1. The molecule has 1 N–H and O–H groups in total. The largest absolute Gasteiger partial charge is 0.385 e. The minimum Gasteiger partial charge on any atom is -0.385 e. The van der Waals surface area contributed by atoms with E-state index in [9.17, 15) is 0 Å². The Morgan fingerprint density at radius 2 is 2.24 bits per heavy atom. The summed E-state index contributed by atoms with van der Waals surface area (Å²) in [6.07, 6.45) is 6.25. The lowest BCUT2D eigenvalue weighted by Gasteiger charge is -2.24. The van der Waals surface area contributed by atoms with Gasteiger partial charge < -0.3 is 15.0 Å². The number of rotatable bonds is 5. The number of hydrogen-bond acceptors (Lipinski definition) is 2. The predicted molar refractivity (Wildman–Crippen MR) is 76.3 cm³/mol. The first-order valence-electron chi connectivity index (χ1n) is 6.79. The highest BCUT2D eigenvalue weighted by Gasteiger charge is 2.17. The first-order chi connectivity index (χ1) is 8.27. The van der Waals surface area contributed by atoms with Crippen molar-refractivity contribution in [3.05, 3.63) is 0 Å². The van der Waals surface area contributed by atoms with Crippen molar-refractivity contribution in [2.24, 2.45) is 5.92 Å². The topological polar surface area (TPSA) is 24.5 Å². The molecule has 1 heterocycles. The highest BCUT2D eigenvalue weighted by molar-refractivity contribution is 7.80. The summed E-state index contributed by atoms with van der Waals surface area (Å²) < 4.78 is 5.02. The molecule has 1 unspecified atom stereocenters. The van der Waals surface area contributed by atoms with Crippen LogP contribution in [0, 0.1) is 5.92 Å². The Morgan fingerprint density at radius 1 is 1.41 bits per heavy atom. The van der Waals surface area contributed by atoms with Crippen LogP contribution in [0.1, 0.15) is 39.0 Å². The smallest absolute Gasteiger partial charge is 0.168 e. The standard InChI is InChI=1S/C13H26N2OS/c1-3-12-6-4-9-15(10-7-12)13(17)14-8-5-11-16-2/h12H,3-11H2,1-2H3,(H,14,17). The van der Waals surface area contributed by atoms with Crippen LogP contribution in [0.3, 0.4) is 0 Å². The van der Waals surface area contributed by atoms with Crippen LogP contribution in [0.4, 0.5) is 0 Å². The molecule has 0 aromatic rings. The second-order valence-corrected chi connectivity index (χ2v) is 5.16. The van der Waals surface area contributed by atoms with Crippen LogP contribution in [0.2, 0.25) is 0 Å². The molecule has 0 spiro atoms. The number of ether oxygens (including phenoxy) is 1. The van der Waals surface area contributed by atoms with E-state index in [1.54, 1.807) is 7.11 Å². The summed E-state index contributed by atoms with van der Waals surface area (Å²) in [7, 11) is 1.73. The van der Waals surface area contributed by atoms with Crippen molar-refractivity contribution in [2.75, 3.05) is 33.4 Å². The van der Waals surface area contributed by atoms with E-state index < -0.39 is 0 Å². The third-order valence-electron chi connectivity index (χ3n) is 3.51. The summed E-state index contributed by atoms with van der Waals surface area (Å²) >= 11 is 5.43. The summed E-state index contributed by atoms with van der Waals surface area (Å²) in [5.74, 6) is 0.899. The fourth-order valence-corrected chi connectivity index (χ4v) is 2.58.